The summed E-state index contributed by atoms with van der Waals surface area (Å²) in [6, 6.07) is 2.36. The van der Waals surface area contributed by atoms with Gasteiger partial charge in [0.25, 0.3) is 0 Å². The Kier molecular flexibility index (Phi) is 3.52. The second kappa shape index (κ2) is 5.34. The van der Waals surface area contributed by atoms with E-state index >= 15 is 0 Å². The highest BCUT2D eigenvalue weighted by molar-refractivity contribution is 7.12. The molecule has 0 amide bonds. The molecule has 0 spiro atoms. The van der Waals surface area contributed by atoms with Crippen molar-refractivity contribution in [3.05, 3.63) is 40.0 Å². The number of aromatic nitrogens is 3. The van der Waals surface area contributed by atoms with E-state index in [1.165, 1.54) is 15.3 Å². The summed E-state index contributed by atoms with van der Waals surface area (Å²) >= 11 is 1.81. The number of nitrogens with two attached hydrogens (primary N) is 1. The SMILES string of the molecule is Cc1cc(C(C)Nc2nc(NN)cn3ccnc23)c(C)s1. The standard InChI is InChI=1S/C14H18N6S/c1-8-6-11(10(3)21-8)9(2)17-13-14-16-4-5-20(14)7-12(18-13)19-15/h4-7,9,19H,15H2,1-3H3,(H,17,18). The summed E-state index contributed by atoms with van der Waals surface area (Å²) in [5.41, 5.74) is 4.65. The maximum atomic E-state index is 5.48. The third kappa shape index (κ3) is 2.57. The highest BCUT2D eigenvalue weighted by atomic mass is 32.1. The smallest absolute Gasteiger partial charge is 0.180 e. The molecule has 7 heteroatoms. The Hall–Kier alpha value is -2.12. The molecule has 3 rings (SSSR count). The van der Waals surface area contributed by atoms with Gasteiger partial charge in [0.2, 0.25) is 0 Å². The second-order valence-corrected chi connectivity index (χ2v) is 6.47. The van der Waals surface area contributed by atoms with Crippen molar-refractivity contribution in [1.82, 2.24) is 14.4 Å². The topological polar surface area (TPSA) is 80.3 Å². The first kappa shape index (κ1) is 13.8. The number of imidazole rings is 1. The first-order valence-electron chi connectivity index (χ1n) is 6.72. The van der Waals surface area contributed by atoms with Gasteiger partial charge in [0.1, 0.15) is 0 Å². The Morgan fingerprint density at radius 3 is 2.86 bits per heavy atom. The van der Waals surface area contributed by atoms with Crippen molar-refractivity contribution >= 4 is 28.6 Å². The van der Waals surface area contributed by atoms with Crippen molar-refractivity contribution < 1.29 is 0 Å². The van der Waals surface area contributed by atoms with Gasteiger partial charge in [-0.1, -0.05) is 0 Å². The molecular formula is C14H18N6S. The fourth-order valence-corrected chi connectivity index (χ4v) is 3.48. The molecule has 0 saturated carbocycles. The van der Waals surface area contributed by atoms with Gasteiger partial charge in [-0.3, -0.25) is 0 Å². The molecule has 0 aliphatic heterocycles. The summed E-state index contributed by atoms with van der Waals surface area (Å²) < 4.78 is 1.89. The predicted molar refractivity (Wildman–Crippen MR) is 86.6 cm³/mol. The number of nitrogens with one attached hydrogen (secondary N) is 2. The van der Waals surface area contributed by atoms with Gasteiger partial charge in [-0.05, 0) is 32.4 Å². The van der Waals surface area contributed by atoms with E-state index in [4.69, 9.17) is 5.84 Å². The number of hydrazine groups is 1. The number of hydrogen-bond acceptors (Lipinski definition) is 6. The van der Waals surface area contributed by atoms with E-state index < -0.39 is 0 Å². The molecule has 3 aromatic rings. The van der Waals surface area contributed by atoms with Crippen LogP contribution in [-0.2, 0) is 0 Å². The van der Waals surface area contributed by atoms with Gasteiger partial charge >= 0.3 is 0 Å². The van der Waals surface area contributed by atoms with Crippen molar-refractivity contribution in [3.63, 3.8) is 0 Å². The van der Waals surface area contributed by atoms with E-state index in [1.807, 2.05) is 21.9 Å². The van der Waals surface area contributed by atoms with Crippen molar-refractivity contribution in [1.29, 1.82) is 0 Å². The first-order valence-corrected chi connectivity index (χ1v) is 7.54. The lowest BCUT2D eigenvalue weighted by atomic mass is 10.1. The van der Waals surface area contributed by atoms with Crippen LogP contribution >= 0.6 is 11.3 Å². The fourth-order valence-electron chi connectivity index (χ4n) is 2.46. The zero-order valence-electron chi connectivity index (χ0n) is 12.2. The summed E-state index contributed by atoms with van der Waals surface area (Å²) in [7, 11) is 0. The zero-order valence-corrected chi connectivity index (χ0v) is 13.0. The van der Waals surface area contributed by atoms with Crippen LogP contribution in [0.3, 0.4) is 0 Å². The predicted octanol–water partition coefficient (Wildman–Crippen LogP) is 2.87. The molecule has 4 N–H and O–H groups in total. The lowest BCUT2D eigenvalue weighted by Crippen LogP contribution is -2.14. The van der Waals surface area contributed by atoms with Gasteiger partial charge in [0.15, 0.2) is 17.3 Å². The van der Waals surface area contributed by atoms with Gasteiger partial charge < -0.3 is 15.1 Å². The van der Waals surface area contributed by atoms with E-state index in [0.717, 1.165) is 5.65 Å². The molecule has 0 saturated heterocycles. The summed E-state index contributed by atoms with van der Waals surface area (Å²) in [4.78, 5) is 11.4. The van der Waals surface area contributed by atoms with E-state index in [-0.39, 0.29) is 6.04 Å². The molecule has 3 aromatic heterocycles. The molecule has 0 radical (unpaired) electrons. The molecule has 110 valence electrons. The number of fused-ring (bicyclic) bond motifs is 1. The number of nitrogens with zero attached hydrogens (tertiary/aromatic N) is 3. The molecule has 21 heavy (non-hydrogen) atoms. The van der Waals surface area contributed by atoms with Gasteiger partial charge in [-0.15, -0.1) is 11.3 Å². The Morgan fingerprint density at radius 1 is 1.38 bits per heavy atom. The highest BCUT2D eigenvalue weighted by Crippen LogP contribution is 2.29. The largest absolute Gasteiger partial charge is 0.360 e. The van der Waals surface area contributed by atoms with Crippen LogP contribution in [0.4, 0.5) is 11.6 Å². The van der Waals surface area contributed by atoms with Crippen molar-refractivity contribution in [2.75, 3.05) is 10.7 Å². The van der Waals surface area contributed by atoms with Gasteiger partial charge in [0, 0.05) is 22.1 Å². The van der Waals surface area contributed by atoms with Crippen LogP contribution < -0.4 is 16.6 Å². The van der Waals surface area contributed by atoms with Crippen molar-refractivity contribution in [2.45, 2.75) is 26.8 Å². The maximum absolute atomic E-state index is 5.48. The Labute approximate surface area is 127 Å². The van der Waals surface area contributed by atoms with Crippen LogP contribution in [0.1, 0.15) is 28.3 Å². The number of thiophene rings is 1. The average molecular weight is 302 g/mol. The Balaban J connectivity index is 1.97. The second-order valence-electron chi connectivity index (χ2n) is 5.01. The number of rotatable bonds is 4. The molecule has 1 atom stereocenters. The molecule has 0 bridgehead atoms. The minimum absolute atomic E-state index is 0.149. The monoisotopic (exact) mass is 302 g/mol. The zero-order chi connectivity index (χ0) is 15.0. The molecule has 6 nitrogen and oxygen atoms in total. The minimum Gasteiger partial charge on any atom is -0.360 e. The Morgan fingerprint density at radius 2 is 2.19 bits per heavy atom. The number of anilines is 2. The van der Waals surface area contributed by atoms with Crippen LogP contribution in [0.5, 0.6) is 0 Å². The van der Waals surface area contributed by atoms with Crippen LogP contribution in [0.15, 0.2) is 24.7 Å². The van der Waals surface area contributed by atoms with Crippen molar-refractivity contribution in [2.24, 2.45) is 5.84 Å². The average Bonchev–Trinajstić information content (AvgIpc) is 3.04. The summed E-state index contributed by atoms with van der Waals surface area (Å²) in [5, 5.41) is 3.43. The molecule has 0 aliphatic carbocycles. The van der Waals surface area contributed by atoms with Crippen LogP contribution in [0.25, 0.3) is 5.65 Å². The number of aryl methyl sites for hydroxylation is 2. The van der Waals surface area contributed by atoms with Gasteiger partial charge in [0.05, 0.1) is 12.2 Å². The van der Waals surface area contributed by atoms with Crippen LogP contribution in [0, 0.1) is 13.8 Å². The fraction of sp³-hybridized carbons (Fsp3) is 0.286. The third-order valence-electron chi connectivity index (χ3n) is 3.42. The van der Waals surface area contributed by atoms with E-state index in [1.54, 1.807) is 12.4 Å². The summed E-state index contributed by atoms with van der Waals surface area (Å²) in [6.07, 6.45) is 5.42. The normalized spacial score (nSPS) is 12.6. The molecule has 1 unspecified atom stereocenters. The summed E-state index contributed by atoms with van der Waals surface area (Å²) in [5.74, 6) is 6.78. The molecular weight excluding hydrogens is 284 g/mol. The first-order chi connectivity index (χ1) is 10.1. The number of hydrogen-bond donors (Lipinski definition) is 3. The van der Waals surface area contributed by atoms with Crippen molar-refractivity contribution in [3.8, 4) is 0 Å². The van der Waals surface area contributed by atoms with Gasteiger partial charge in [-0.2, -0.15) is 0 Å². The highest BCUT2D eigenvalue weighted by Gasteiger charge is 2.14. The molecule has 0 aromatic carbocycles. The third-order valence-corrected chi connectivity index (χ3v) is 4.40. The maximum Gasteiger partial charge on any atom is 0.180 e. The van der Waals surface area contributed by atoms with Gasteiger partial charge in [-0.25, -0.2) is 15.8 Å². The quantitative estimate of drug-likeness (QED) is 0.510. The minimum atomic E-state index is 0.149. The summed E-state index contributed by atoms with van der Waals surface area (Å²) in [6.45, 7) is 6.39. The van der Waals surface area contributed by atoms with E-state index in [9.17, 15) is 0 Å². The lowest BCUT2D eigenvalue weighted by Gasteiger charge is -2.16. The molecule has 3 heterocycles. The Bertz CT molecular complexity index is 775. The lowest BCUT2D eigenvalue weighted by molar-refractivity contribution is 0.869. The molecule has 0 aliphatic rings. The van der Waals surface area contributed by atoms with Crippen LogP contribution in [-0.4, -0.2) is 14.4 Å². The number of nitrogen functional groups attached to an aromatic ring is 1. The van der Waals surface area contributed by atoms with E-state index in [2.05, 4.69) is 47.5 Å². The van der Waals surface area contributed by atoms with E-state index in [0.29, 0.717) is 11.6 Å². The van der Waals surface area contributed by atoms with Crippen LogP contribution in [0.2, 0.25) is 0 Å². The molecule has 0 fully saturated rings.